The van der Waals surface area contributed by atoms with E-state index in [4.69, 9.17) is 18.6 Å². The first-order chi connectivity index (χ1) is 14.7. The fraction of sp³-hybridized carbons (Fsp3) is 0.885. The molecule has 2 fully saturated rings. The molecule has 0 unspecified atom stereocenters. The number of esters is 1. The first kappa shape index (κ1) is 27.6. The van der Waals surface area contributed by atoms with Gasteiger partial charge < -0.3 is 18.6 Å². The van der Waals surface area contributed by atoms with E-state index >= 15 is 0 Å². The van der Waals surface area contributed by atoms with E-state index in [1.165, 1.54) is 0 Å². The second-order valence-electron chi connectivity index (χ2n) is 11.8. The lowest BCUT2D eigenvalue weighted by molar-refractivity contribution is -0.338. The van der Waals surface area contributed by atoms with E-state index in [1.54, 1.807) is 0 Å². The lowest BCUT2D eigenvalue weighted by atomic mass is 9.83. The predicted octanol–water partition coefficient (Wildman–Crippen LogP) is 6.62. The van der Waals surface area contributed by atoms with Crippen LogP contribution >= 0.6 is 0 Å². The van der Waals surface area contributed by atoms with Crippen molar-refractivity contribution in [2.24, 2.45) is 11.8 Å². The molecule has 186 valence electrons. The first-order valence-electron chi connectivity index (χ1n) is 12.6. The maximum Gasteiger partial charge on any atom is 0.333 e. The van der Waals surface area contributed by atoms with Gasteiger partial charge in [0, 0.05) is 18.4 Å². The van der Waals surface area contributed by atoms with Crippen molar-refractivity contribution in [1.82, 2.24) is 0 Å². The molecule has 0 aliphatic carbocycles. The second kappa shape index (κ2) is 10.7. The minimum Gasteiger partial charge on any atom is -0.463 e. The van der Waals surface area contributed by atoms with Crippen LogP contribution in [0.15, 0.2) is 11.6 Å². The predicted molar refractivity (Wildman–Crippen MR) is 132 cm³/mol. The Hall–Kier alpha value is -0.693. The zero-order valence-corrected chi connectivity index (χ0v) is 23.2. The Morgan fingerprint density at radius 2 is 1.91 bits per heavy atom. The Morgan fingerprint density at radius 1 is 1.25 bits per heavy atom. The van der Waals surface area contributed by atoms with Crippen molar-refractivity contribution in [3.63, 3.8) is 0 Å². The van der Waals surface area contributed by atoms with Crippen LogP contribution < -0.4 is 0 Å². The summed E-state index contributed by atoms with van der Waals surface area (Å²) in [6.07, 6.45) is 6.47. The maximum absolute atomic E-state index is 12.1. The SMILES string of the molecule is CCOC(=O)/C(C)=C/C[C@@H]1C[C@H](O[Si](C)(C)C(C)(C)C)C[C@]2(CC[C@H](C)[C@@H](C(C)C)O2)O1. The summed E-state index contributed by atoms with van der Waals surface area (Å²) >= 11 is 0. The summed E-state index contributed by atoms with van der Waals surface area (Å²) in [5.41, 5.74) is 0.634. The Labute approximate surface area is 197 Å². The molecule has 32 heavy (non-hydrogen) atoms. The number of rotatable bonds is 7. The summed E-state index contributed by atoms with van der Waals surface area (Å²) in [6.45, 7) is 22.3. The minimum atomic E-state index is -1.93. The molecule has 2 rings (SSSR count). The molecule has 0 bridgehead atoms. The summed E-state index contributed by atoms with van der Waals surface area (Å²) in [6, 6.07) is 0. The molecule has 0 aromatic heterocycles. The summed E-state index contributed by atoms with van der Waals surface area (Å²) in [5, 5.41) is 0.150. The van der Waals surface area contributed by atoms with Gasteiger partial charge in [-0.05, 0) is 63.1 Å². The molecule has 5 atom stereocenters. The first-order valence-corrected chi connectivity index (χ1v) is 15.5. The van der Waals surface area contributed by atoms with Crippen LogP contribution in [0.2, 0.25) is 18.1 Å². The molecule has 2 heterocycles. The van der Waals surface area contributed by atoms with Gasteiger partial charge in [0.2, 0.25) is 0 Å². The van der Waals surface area contributed by atoms with Crippen molar-refractivity contribution in [2.45, 2.75) is 130 Å². The summed E-state index contributed by atoms with van der Waals surface area (Å²) < 4.78 is 25.4. The number of hydrogen-bond donors (Lipinski definition) is 0. The van der Waals surface area contributed by atoms with Crippen LogP contribution in [-0.2, 0) is 23.4 Å². The van der Waals surface area contributed by atoms with E-state index in [0.29, 0.717) is 30.4 Å². The van der Waals surface area contributed by atoms with Gasteiger partial charge in [0.25, 0.3) is 0 Å². The molecule has 0 aromatic rings. The number of carbonyl (C=O) groups excluding carboxylic acids is 1. The fourth-order valence-corrected chi connectivity index (χ4v) is 6.02. The fourth-order valence-electron chi connectivity index (χ4n) is 4.65. The largest absolute Gasteiger partial charge is 0.463 e. The van der Waals surface area contributed by atoms with Crippen molar-refractivity contribution in [3.05, 3.63) is 11.6 Å². The molecule has 6 heteroatoms. The Balaban J connectivity index is 2.25. The smallest absolute Gasteiger partial charge is 0.333 e. The van der Waals surface area contributed by atoms with Crippen molar-refractivity contribution in [3.8, 4) is 0 Å². The highest BCUT2D eigenvalue weighted by molar-refractivity contribution is 6.74. The summed E-state index contributed by atoms with van der Waals surface area (Å²) in [5.74, 6) is 0.116. The van der Waals surface area contributed by atoms with Crippen LogP contribution in [0.1, 0.15) is 87.5 Å². The van der Waals surface area contributed by atoms with E-state index in [-0.39, 0.29) is 29.3 Å². The molecule has 0 radical (unpaired) electrons. The van der Waals surface area contributed by atoms with Crippen LogP contribution in [0.25, 0.3) is 0 Å². The van der Waals surface area contributed by atoms with Gasteiger partial charge >= 0.3 is 5.97 Å². The number of ether oxygens (including phenoxy) is 3. The Kier molecular flexibility index (Phi) is 9.22. The van der Waals surface area contributed by atoms with Gasteiger partial charge in [0.05, 0.1) is 24.9 Å². The van der Waals surface area contributed by atoms with Crippen LogP contribution in [-0.4, -0.2) is 45.0 Å². The third-order valence-corrected chi connectivity index (χ3v) is 12.1. The van der Waals surface area contributed by atoms with Crippen LogP contribution in [0.5, 0.6) is 0 Å². The van der Waals surface area contributed by atoms with E-state index in [2.05, 4.69) is 54.6 Å². The second-order valence-corrected chi connectivity index (χ2v) is 16.5. The van der Waals surface area contributed by atoms with Crippen molar-refractivity contribution in [1.29, 1.82) is 0 Å². The molecule has 0 aromatic carbocycles. The molecule has 0 amide bonds. The molecular weight excluding hydrogens is 420 g/mol. The van der Waals surface area contributed by atoms with Crippen LogP contribution in [0.4, 0.5) is 0 Å². The van der Waals surface area contributed by atoms with Crippen molar-refractivity contribution < 1.29 is 23.4 Å². The van der Waals surface area contributed by atoms with Gasteiger partial charge in [0.1, 0.15) is 0 Å². The highest BCUT2D eigenvalue weighted by atomic mass is 28.4. The van der Waals surface area contributed by atoms with Gasteiger partial charge in [0.15, 0.2) is 14.1 Å². The number of carbonyl (C=O) groups is 1. The van der Waals surface area contributed by atoms with Gasteiger partial charge in [-0.2, -0.15) is 0 Å². The average molecular weight is 469 g/mol. The van der Waals surface area contributed by atoms with E-state index in [9.17, 15) is 4.79 Å². The topological polar surface area (TPSA) is 54.0 Å². The quantitative estimate of drug-likeness (QED) is 0.239. The molecule has 1 spiro atoms. The van der Waals surface area contributed by atoms with Gasteiger partial charge in [-0.25, -0.2) is 4.79 Å². The van der Waals surface area contributed by atoms with Gasteiger partial charge in [-0.15, -0.1) is 0 Å². The standard InChI is InChI=1S/C26H48O5Si/c1-11-28-24(27)20(5)12-13-21-16-22(31-32(9,10)25(6,7)8)17-26(29-21)15-14-19(4)23(30-26)18(2)3/h12,18-19,21-23H,11,13-17H2,1-10H3/b20-12+/t19-,21+,22-,23+,26+/m0/s1. The molecule has 5 nitrogen and oxygen atoms in total. The molecule has 2 saturated heterocycles. The third-order valence-electron chi connectivity index (χ3n) is 7.55. The lowest BCUT2D eigenvalue weighted by Crippen LogP contribution is -2.56. The summed E-state index contributed by atoms with van der Waals surface area (Å²) in [4.78, 5) is 12.1. The van der Waals surface area contributed by atoms with E-state index in [1.807, 2.05) is 19.9 Å². The Bertz CT molecular complexity index is 666. The van der Waals surface area contributed by atoms with Crippen LogP contribution in [0.3, 0.4) is 0 Å². The highest BCUT2D eigenvalue weighted by Gasteiger charge is 2.50. The molecule has 2 aliphatic rings. The van der Waals surface area contributed by atoms with E-state index in [0.717, 1.165) is 25.7 Å². The normalized spacial score (nSPS) is 32.4. The molecule has 0 N–H and O–H groups in total. The Morgan fingerprint density at radius 3 is 2.47 bits per heavy atom. The number of hydrogen-bond acceptors (Lipinski definition) is 5. The van der Waals surface area contributed by atoms with Crippen molar-refractivity contribution >= 4 is 14.3 Å². The van der Waals surface area contributed by atoms with Crippen molar-refractivity contribution in [2.75, 3.05) is 6.61 Å². The molecule has 2 aliphatic heterocycles. The zero-order valence-electron chi connectivity index (χ0n) is 22.2. The monoisotopic (exact) mass is 468 g/mol. The zero-order chi connectivity index (χ0) is 24.3. The van der Waals surface area contributed by atoms with Gasteiger partial charge in [-0.1, -0.05) is 47.6 Å². The highest BCUT2D eigenvalue weighted by Crippen LogP contribution is 2.46. The minimum absolute atomic E-state index is 0.0379. The third kappa shape index (κ3) is 6.91. The maximum atomic E-state index is 12.1. The van der Waals surface area contributed by atoms with E-state index < -0.39 is 14.1 Å². The summed E-state index contributed by atoms with van der Waals surface area (Å²) in [7, 11) is -1.93. The van der Waals surface area contributed by atoms with Gasteiger partial charge in [-0.3, -0.25) is 0 Å². The lowest BCUT2D eigenvalue weighted by Gasteiger charge is -2.52. The molecule has 0 saturated carbocycles. The average Bonchev–Trinajstić information content (AvgIpc) is 2.66. The molecular formula is C26H48O5Si. The van der Waals surface area contributed by atoms with Crippen LogP contribution in [0, 0.1) is 11.8 Å².